The summed E-state index contributed by atoms with van der Waals surface area (Å²) in [5.41, 5.74) is 2.78. The molecule has 132 valence electrons. The predicted molar refractivity (Wildman–Crippen MR) is 99.1 cm³/mol. The van der Waals surface area contributed by atoms with Crippen molar-refractivity contribution in [1.82, 2.24) is 4.90 Å². The summed E-state index contributed by atoms with van der Waals surface area (Å²) >= 11 is 5.86. The summed E-state index contributed by atoms with van der Waals surface area (Å²) in [4.78, 5) is 25.6. The number of benzene rings is 2. The minimum atomic E-state index is -0.295. The van der Waals surface area contributed by atoms with E-state index in [1.54, 1.807) is 31.3 Å². The van der Waals surface area contributed by atoms with Crippen molar-refractivity contribution in [3.05, 3.63) is 58.6 Å². The van der Waals surface area contributed by atoms with Crippen molar-refractivity contribution in [2.24, 2.45) is 0 Å². The van der Waals surface area contributed by atoms with E-state index in [4.69, 9.17) is 16.3 Å². The predicted octanol–water partition coefficient (Wildman–Crippen LogP) is 3.43. The fourth-order valence-corrected chi connectivity index (χ4v) is 2.36. The fourth-order valence-electron chi connectivity index (χ4n) is 2.18. The van der Waals surface area contributed by atoms with Crippen LogP contribution in [0, 0.1) is 13.8 Å². The Morgan fingerprint density at radius 2 is 1.92 bits per heavy atom. The van der Waals surface area contributed by atoms with Gasteiger partial charge in [-0.25, -0.2) is 0 Å². The van der Waals surface area contributed by atoms with E-state index >= 15 is 0 Å². The molecule has 2 aromatic rings. The second-order valence-electron chi connectivity index (χ2n) is 5.86. The minimum absolute atomic E-state index is 0.0505. The van der Waals surface area contributed by atoms with E-state index in [2.05, 4.69) is 5.32 Å². The number of hydrogen-bond donors (Lipinski definition) is 1. The molecule has 25 heavy (non-hydrogen) atoms. The number of nitrogens with zero attached hydrogens (tertiary/aromatic N) is 1. The molecule has 6 heteroatoms. The van der Waals surface area contributed by atoms with Gasteiger partial charge in [0.25, 0.3) is 5.91 Å². The van der Waals surface area contributed by atoms with Crippen molar-refractivity contribution in [3.8, 4) is 5.75 Å². The zero-order chi connectivity index (χ0) is 18.4. The number of amides is 2. The summed E-state index contributed by atoms with van der Waals surface area (Å²) in [7, 11) is 1.56. The maximum atomic E-state index is 12.1. The van der Waals surface area contributed by atoms with E-state index in [1.165, 1.54) is 4.90 Å². The number of rotatable bonds is 6. The molecule has 0 aliphatic rings. The van der Waals surface area contributed by atoms with Crippen LogP contribution in [0.2, 0.25) is 5.02 Å². The van der Waals surface area contributed by atoms with Gasteiger partial charge in [-0.15, -0.1) is 0 Å². The largest absolute Gasteiger partial charge is 0.484 e. The van der Waals surface area contributed by atoms with Gasteiger partial charge in [0.15, 0.2) is 6.61 Å². The smallest absolute Gasteiger partial charge is 0.260 e. The third kappa shape index (κ3) is 5.80. The number of halogens is 1. The fraction of sp³-hybridized carbons (Fsp3) is 0.263. The average Bonchev–Trinajstić information content (AvgIpc) is 2.56. The van der Waals surface area contributed by atoms with Gasteiger partial charge in [0.05, 0.1) is 6.54 Å². The second-order valence-corrected chi connectivity index (χ2v) is 6.30. The molecule has 0 aliphatic heterocycles. The van der Waals surface area contributed by atoms with E-state index in [9.17, 15) is 9.59 Å². The highest BCUT2D eigenvalue weighted by Gasteiger charge is 2.14. The quantitative estimate of drug-likeness (QED) is 0.858. The number of carbonyl (C=O) groups is 2. The molecule has 2 aromatic carbocycles. The summed E-state index contributed by atoms with van der Waals surface area (Å²) in [6.45, 7) is 3.67. The molecular formula is C19H21ClN2O3. The minimum Gasteiger partial charge on any atom is -0.484 e. The summed E-state index contributed by atoms with van der Waals surface area (Å²) in [5.74, 6) is -0.0440. The van der Waals surface area contributed by atoms with Crippen LogP contribution in [-0.4, -0.2) is 36.9 Å². The van der Waals surface area contributed by atoms with Crippen LogP contribution in [0.5, 0.6) is 5.75 Å². The Labute approximate surface area is 152 Å². The van der Waals surface area contributed by atoms with Gasteiger partial charge in [-0.3, -0.25) is 9.59 Å². The lowest BCUT2D eigenvalue weighted by Crippen LogP contribution is -2.37. The molecule has 0 unspecified atom stereocenters. The maximum absolute atomic E-state index is 12.1. The molecule has 0 fully saturated rings. The van der Waals surface area contributed by atoms with Gasteiger partial charge >= 0.3 is 0 Å². The van der Waals surface area contributed by atoms with Gasteiger partial charge in [-0.1, -0.05) is 29.8 Å². The molecular weight excluding hydrogens is 340 g/mol. The highest BCUT2D eigenvalue weighted by molar-refractivity contribution is 6.30. The number of nitrogens with one attached hydrogen (secondary N) is 1. The number of hydrogen-bond acceptors (Lipinski definition) is 3. The van der Waals surface area contributed by atoms with E-state index in [-0.39, 0.29) is 25.0 Å². The van der Waals surface area contributed by atoms with Crippen molar-refractivity contribution < 1.29 is 14.3 Å². The number of anilines is 1. The molecule has 0 radical (unpaired) electrons. The average molecular weight is 361 g/mol. The van der Waals surface area contributed by atoms with Crippen LogP contribution in [0.1, 0.15) is 11.1 Å². The van der Waals surface area contributed by atoms with Crippen molar-refractivity contribution in [1.29, 1.82) is 0 Å². The lowest BCUT2D eigenvalue weighted by molar-refractivity contribution is -0.135. The van der Waals surface area contributed by atoms with E-state index in [0.717, 1.165) is 16.8 Å². The second kappa shape index (κ2) is 8.53. The third-order valence-corrected chi connectivity index (χ3v) is 3.87. The first kappa shape index (κ1) is 18.8. The van der Waals surface area contributed by atoms with Crippen LogP contribution in [0.25, 0.3) is 0 Å². The molecule has 0 heterocycles. The van der Waals surface area contributed by atoms with Crippen LogP contribution < -0.4 is 10.1 Å². The monoisotopic (exact) mass is 360 g/mol. The first-order chi connectivity index (χ1) is 11.8. The number of carbonyl (C=O) groups excluding carboxylic acids is 2. The molecule has 0 aromatic heterocycles. The lowest BCUT2D eigenvalue weighted by Gasteiger charge is -2.18. The first-order valence-corrected chi connectivity index (χ1v) is 8.22. The van der Waals surface area contributed by atoms with Crippen molar-refractivity contribution in [2.75, 3.05) is 25.5 Å². The van der Waals surface area contributed by atoms with Crippen LogP contribution in [0.4, 0.5) is 5.69 Å². The summed E-state index contributed by atoms with van der Waals surface area (Å²) in [6.07, 6.45) is 0. The summed E-state index contributed by atoms with van der Waals surface area (Å²) in [5, 5.41) is 3.36. The van der Waals surface area contributed by atoms with Crippen LogP contribution >= 0.6 is 11.6 Å². The molecule has 0 bridgehead atoms. The van der Waals surface area contributed by atoms with Gasteiger partial charge in [0, 0.05) is 17.8 Å². The maximum Gasteiger partial charge on any atom is 0.260 e. The van der Waals surface area contributed by atoms with Crippen LogP contribution in [0.3, 0.4) is 0 Å². The SMILES string of the molecule is Cc1ccc(C)c(NC(=O)CN(C)C(=O)COc2cccc(Cl)c2)c1. The zero-order valence-electron chi connectivity index (χ0n) is 14.5. The van der Waals surface area contributed by atoms with Crippen molar-refractivity contribution in [3.63, 3.8) is 0 Å². The number of likely N-dealkylation sites (N-methyl/N-ethyl adjacent to an activating group) is 1. The van der Waals surface area contributed by atoms with E-state index in [1.807, 2.05) is 32.0 Å². The van der Waals surface area contributed by atoms with Gasteiger partial charge in [0.2, 0.25) is 5.91 Å². The lowest BCUT2D eigenvalue weighted by atomic mass is 10.1. The van der Waals surface area contributed by atoms with Gasteiger partial charge in [0.1, 0.15) is 5.75 Å². The van der Waals surface area contributed by atoms with Gasteiger partial charge in [-0.2, -0.15) is 0 Å². The van der Waals surface area contributed by atoms with Crippen LogP contribution in [0.15, 0.2) is 42.5 Å². The van der Waals surface area contributed by atoms with Gasteiger partial charge < -0.3 is 15.0 Å². The standard InChI is InChI=1S/C19H21ClN2O3/c1-13-7-8-14(2)17(9-13)21-18(23)11-22(3)19(24)12-25-16-6-4-5-15(20)10-16/h4-10H,11-12H2,1-3H3,(H,21,23). The zero-order valence-corrected chi connectivity index (χ0v) is 15.3. The van der Waals surface area contributed by atoms with E-state index in [0.29, 0.717) is 10.8 Å². The molecule has 0 atom stereocenters. The third-order valence-electron chi connectivity index (χ3n) is 3.63. The molecule has 0 saturated carbocycles. The summed E-state index contributed by atoms with van der Waals surface area (Å²) < 4.78 is 5.40. The highest BCUT2D eigenvalue weighted by Crippen LogP contribution is 2.17. The van der Waals surface area contributed by atoms with Crippen LogP contribution in [-0.2, 0) is 9.59 Å². The normalized spacial score (nSPS) is 10.2. The van der Waals surface area contributed by atoms with Crippen molar-refractivity contribution >= 4 is 29.1 Å². The summed E-state index contributed by atoms with van der Waals surface area (Å²) in [6, 6.07) is 12.6. The first-order valence-electron chi connectivity index (χ1n) is 7.84. The highest BCUT2D eigenvalue weighted by atomic mass is 35.5. The molecule has 5 nitrogen and oxygen atoms in total. The van der Waals surface area contributed by atoms with E-state index < -0.39 is 0 Å². The van der Waals surface area contributed by atoms with Crippen molar-refractivity contribution in [2.45, 2.75) is 13.8 Å². The Kier molecular flexibility index (Phi) is 6.42. The molecule has 2 rings (SSSR count). The Bertz CT molecular complexity index is 777. The number of aryl methyl sites for hydroxylation is 2. The number of ether oxygens (including phenoxy) is 1. The Balaban J connectivity index is 1.85. The van der Waals surface area contributed by atoms with Gasteiger partial charge in [-0.05, 0) is 49.2 Å². The topological polar surface area (TPSA) is 58.6 Å². The Morgan fingerprint density at radius 1 is 1.16 bits per heavy atom. The molecule has 0 saturated heterocycles. The molecule has 0 spiro atoms. The molecule has 2 amide bonds. The Morgan fingerprint density at radius 3 is 2.64 bits per heavy atom. The molecule has 0 aliphatic carbocycles. The molecule has 1 N–H and O–H groups in total. The Hall–Kier alpha value is -2.53.